The van der Waals surface area contributed by atoms with E-state index in [9.17, 15) is 14.9 Å². The molecule has 0 saturated heterocycles. The number of rotatable bonds is 5. The number of carbonyl (C=O) groups is 1. The highest BCUT2D eigenvalue weighted by Crippen LogP contribution is 2.26. The van der Waals surface area contributed by atoms with E-state index >= 15 is 0 Å². The molecule has 0 bridgehead atoms. The van der Waals surface area contributed by atoms with Gasteiger partial charge in [-0.15, -0.1) is 0 Å². The lowest BCUT2D eigenvalue weighted by atomic mass is 10.1. The first-order valence-corrected chi connectivity index (χ1v) is 8.94. The monoisotopic (exact) mass is 365 g/mol. The Kier molecular flexibility index (Phi) is 4.50. The van der Waals surface area contributed by atoms with Crippen LogP contribution >= 0.6 is 0 Å². The Morgan fingerprint density at radius 3 is 2.59 bits per heavy atom. The average molecular weight is 365 g/mol. The highest BCUT2D eigenvalue weighted by molar-refractivity contribution is 6.13. The molecular weight excluding hydrogens is 346 g/mol. The quantitative estimate of drug-likeness (QED) is 0.508. The van der Waals surface area contributed by atoms with Gasteiger partial charge in [0.2, 0.25) is 0 Å². The second kappa shape index (κ2) is 7.11. The van der Waals surface area contributed by atoms with Gasteiger partial charge in [-0.2, -0.15) is 0 Å². The van der Waals surface area contributed by atoms with Crippen molar-refractivity contribution in [3.63, 3.8) is 0 Å². The Bertz CT molecular complexity index is 988. The maximum atomic E-state index is 12.6. The lowest BCUT2D eigenvalue weighted by Crippen LogP contribution is -2.12. The molecule has 2 N–H and O–H groups in total. The summed E-state index contributed by atoms with van der Waals surface area (Å²) in [4.78, 5) is 26.1. The first kappa shape index (κ1) is 17.1. The summed E-state index contributed by atoms with van der Waals surface area (Å²) in [6.45, 7) is 0. The third-order valence-electron chi connectivity index (χ3n) is 4.84. The molecule has 0 radical (unpaired) electrons. The summed E-state index contributed by atoms with van der Waals surface area (Å²) in [7, 11) is 0. The molecule has 1 aromatic heterocycles. The largest absolute Gasteiger partial charge is 0.490 e. The summed E-state index contributed by atoms with van der Waals surface area (Å²) in [5, 5.41) is 14.3. The van der Waals surface area contributed by atoms with Crippen molar-refractivity contribution < 1.29 is 14.5 Å². The van der Waals surface area contributed by atoms with Crippen LogP contribution in [0.3, 0.4) is 0 Å². The molecule has 1 aliphatic carbocycles. The van der Waals surface area contributed by atoms with E-state index in [0.717, 1.165) is 18.6 Å². The number of hydrogen-bond donors (Lipinski definition) is 2. The number of nitro benzene ring substituents is 1. The summed E-state index contributed by atoms with van der Waals surface area (Å²) in [5.41, 5.74) is 1.62. The molecule has 0 spiro atoms. The Morgan fingerprint density at radius 2 is 1.89 bits per heavy atom. The van der Waals surface area contributed by atoms with Gasteiger partial charge in [-0.25, -0.2) is 0 Å². The van der Waals surface area contributed by atoms with Crippen LogP contribution in [-0.4, -0.2) is 21.9 Å². The van der Waals surface area contributed by atoms with E-state index in [4.69, 9.17) is 4.74 Å². The molecule has 27 heavy (non-hydrogen) atoms. The Morgan fingerprint density at radius 1 is 1.15 bits per heavy atom. The minimum atomic E-state index is -0.475. The first-order chi connectivity index (χ1) is 13.1. The number of nitrogens with zero attached hydrogens (tertiary/aromatic N) is 1. The molecule has 1 amide bonds. The number of non-ortho nitro benzene ring substituents is 1. The fourth-order valence-electron chi connectivity index (χ4n) is 3.42. The Labute approximate surface area is 155 Å². The van der Waals surface area contributed by atoms with Gasteiger partial charge in [0, 0.05) is 34.9 Å². The van der Waals surface area contributed by atoms with Crippen molar-refractivity contribution in [1.82, 2.24) is 4.98 Å². The van der Waals surface area contributed by atoms with Crippen LogP contribution in [0.4, 0.5) is 11.4 Å². The van der Waals surface area contributed by atoms with E-state index in [2.05, 4.69) is 10.3 Å². The molecule has 0 aliphatic heterocycles. The number of nitro groups is 1. The maximum absolute atomic E-state index is 12.6. The number of H-pyrrole nitrogens is 1. The number of aromatic amines is 1. The number of aromatic nitrogens is 1. The smallest absolute Gasteiger partial charge is 0.270 e. The van der Waals surface area contributed by atoms with Crippen LogP contribution < -0.4 is 10.1 Å². The van der Waals surface area contributed by atoms with Crippen molar-refractivity contribution in [1.29, 1.82) is 0 Å². The summed E-state index contributed by atoms with van der Waals surface area (Å²) < 4.78 is 5.92. The van der Waals surface area contributed by atoms with Crippen LogP contribution in [0.15, 0.2) is 48.7 Å². The summed E-state index contributed by atoms with van der Waals surface area (Å²) in [6.07, 6.45) is 6.44. The molecule has 1 fully saturated rings. The van der Waals surface area contributed by atoms with Gasteiger partial charge in [-0.3, -0.25) is 14.9 Å². The highest BCUT2D eigenvalue weighted by atomic mass is 16.6. The van der Waals surface area contributed by atoms with Crippen LogP contribution in [0.2, 0.25) is 0 Å². The number of fused-ring (bicyclic) bond motifs is 1. The standard InChI is InChI=1S/C20H19N3O4/c24-20(18-12-21-19-10-7-14(23(25)26)11-17(18)19)22-13-5-8-16(9-6-13)27-15-3-1-2-4-15/h5-12,15,21H,1-4H2,(H,22,24). The summed E-state index contributed by atoms with van der Waals surface area (Å²) in [5.74, 6) is 0.467. The molecule has 1 heterocycles. The second-order valence-corrected chi connectivity index (χ2v) is 6.69. The van der Waals surface area contributed by atoms with Gasteiger partial charge in [0.25, 0.3) is 11.6 Å². The third kappa shape index (κ3) is 3.62. The zero-order chi connectivity index (χ0) is 18.8. The van der Waals surface area contributed by atoms with E-state index < -0.39 is 4.92 Å². The van der Waals surface area contributed by atoms with Crippen LogP contribution in [0, 0.1) is 10.1 Å². The molecule has 4 rings (SSSR count). The lowest BCUT2D eigenvalue weighted by molar-refractivity contribution is -0.384. The van der Waals surface area contributed by atoms with E-state index in [1.165, 1.54) is 25.0 Å². The van der Waals surface area contributed by atoms with Gasteiger partial charge >= 0.3 is 0 Å². The van der Waals surface area contributed by atoms with Gasteiger partial charge in [0.1, 0.15) is 5.75 Å². The zero-order valence-electron chi connectivity index (χ0n) is 14.6. The van der Waals surface area contributed by atoms with Gasteiger partial charge in [-0.1, -0.05) is 0 Å². The van der Waals surface area contributed by atoms with Crippen LogP contribution in [0.25, 0.3) is 10.9 Å². The van der Waals surface area contributed by atoms with E-state index in [1.54, 1.807) is 24.4 Å². The van der Waals surface area contributed by atoms with Gasteiger partial charge in [0.05, 0.1) is 16.6 Å². The second-order valence-electron chi connectivity index (χ2n) is 6.69. The maximum Gasteiger partial charge on any atom is 0.270 e. The third-order valence-corrected chi connectivity index (χ3v) is 4.84. The van der Waals surface area contributed by atoms with Crippen molar-refractivity contribution in [2.24, 2.45) is 0 Å². The number of hydrogen-bond acceptors (Lipinski definition) is 4. The average Bonchev–Trinajstić information content (AvgIpc) is 3.32. The first-order valence-electron chi connectivity index (χ1n) is 8.94. The molecule has 1 aliphatic rings. The molecule has 2 aromatic carbocycles. The zero-order valence-corrected chi connectivity index (χ0v) is 14.6. The predicted octanol–water partition coefficient (Wildman–Crippen LogP) is 4.65. The topological polar surface area (TPSA) is 97.3 Å². The molecule has 0 unspecified atom stereocenters. The summed E-state index contributed by atoms with van der Waals surface area (Å²) in [6, 6.07) is 11.7. The van der Waals surface area contributed by atoms with Crippen molar-refractivity contribution >= 4 is 28.2 Å². The normalized spacial score (nSPS) is 14.4. The molecule has 7 heteroatoms. The number of anilines is 1. The van der Waals surface area contributed by atoms with E-state index in [0.29, 0.717) is 22.2 Å². The highest BCUT2D eigenvalue weighted by Gasteiger charge is 2.17. The molecule has 138 valence electrons. The number of amides is 1. The Balaban J connectivity index is 1.49. The van der Waals surface area contributed by atoms with Crippen LogP contribution in [0.1, 0.15) is 36.0 Å². The molecule has 1 saturated carbocycles. The predicted molar refractivity (Wildman–Crippen MR) is 102 cm³/mol. The van der Waals surface area contributed by atoms with E-state index in [-0.39, 0.29) is 17.7 Å². The number of benzene rings is 2. The number of nitrogens with one attached hydrogen (secondary N) is 2. The molecule has 3 aromatic rings. The van der Waals surface area contributed by atoms with Crippen LogP contribution in [0.5, 0.6) is 5.75 Å². The van der Waals surface area contributed by atoms with Crippen molar-refractivity contribution in [3.05, 3.63) is 64.3 Å². The van der Waals surface area contributed by atoms with Gasteiger partial charge in [-0.05, 0) is 56.0 Å². The fourth-order valence-corrected chi connectivity index (χ4v) is 3.42. The molecule has 0 atom stereocenters. The van der Waals surface area contributed by atoms with Gasteiger partial charge in [0.15, 0.2) is 0 Å². The lowest BCUT2D eigenvalue weighted by Gasteiger charge is -2.13. The SMILES string of the molecule is O=C(Nc1ccc(OC2CCCC2)cc1)c1c[nH]c2ccc([N+](=O)[O-])cc12. The minimum absolute atomic E-state index is 0.0513. The fraction of sp³-hybridized carbons (Fsp3) is 0.250. The Hall–Kier alpha value is -3.35. The summed E-state index contributed by atoms with van der Waals surface area (Å²) >= 11 is 0. The molecule has 7 nitrogen and oxygen atoms in total. The number of ether oxygens (including phenoxy) is 1. The van der Waals surface area contributed by atoms with Crippen molar-refractivity contribution in [2.45, 2.75) is 31.8 Å². The van der Waals surface area contributed by atoms with Gasteiger partial charge < -0.3 is 15.0 Å². The van der Waals surface area contributed by atoms with Crippen molar-refractivity contribution in [3.8, 4) is 5.75 Å². The number of carbonyl (C=O) groups excluding carboxylic acids is 1. The molecular formula is C20H19N3O4. The van der Waals surface area contributed by atoms with E-state index in [1.807, 2.05) is 12.1 Å². The van der Waals surface area contributed by atoms with Crippen molar-refractivity contribution in [2.75, 3.05) is 5.32 Å². The van der Waals surface area contributed by atoms with Crippen LogP contribution in [-0.2, 0) is 0 Å². The minimum Gasteiger partial charge on any atom is -0.490 e.